The lowest BCUT2D eigenvalue weighted by molar-refractivity contribution is 0.0184. The predicted molar refractivity (Wildman–Crippen MR) is 39.0 cm³/mol. The second-order valence-corrected chi connectivity index (χ2v) is 3.19. The van der Waals surface area contributed by atoms with Crippen molar-refractivity contribution in [2.24, 2.45) is 0 Å². The molecular formula is C7H14N2O. The fourth-order valence-corrected chi connectivity index (χ4v) is 1.78. The molecule has 2 atom stereocenters. The number of likely N-dealkylation sites (N-methyl/N-ethyl adjacent to an activating group) is 1. The molecule has 2 saturated heterocycles. The van der Waals surface area contributed by atoms with E-state index in [2.05, 4.69) is 17.3 Å². The van der Waals surface area contributed by atoms with Gasteiger partial charge in [-0.05, 0) is 7.05 Å². The summed E-state index contributed by atoms with van der Waals surface area (Å²) in [5.41, 5.74) is 0. The molecule has 0 aromatic heterocycles. The molecule has 0 aromatic rings. The summed E-state index contributed by atoms with van der Waals surface area (Å²) in [5.74, 6) is 0. The van der Waals surface area contributed by atoms with Crippen molar-refractivity contribution in [2.75, 3.05) is 33.3 Å². The number of rotatable bonds is 0. The van der Waals surface area contributed by atoms with Gasteiger partial charge in [0.2, 0.25) is 0 Å². The number of nitrogens with one attached hydrogen (secondary N) is 1. The van der Waals surface area contributed by atoms with E-state index in [1.54, 1.807) is 0 Å². The van der Waals surface area contributed by atoms with Crippen LogP contribution in [0, 0.1) is 0 Å². The second-order valence-electron chi connectivity index (χ2n) is 3.19. The van der Waals surface area contributed by atoms with E-state index >= 15 is 0 Å². The molecule has 0 aliphatic carbocycles. The summed E-state index contributed by atoms with van der Waals surface area (Å²) in [5, 5.41) is 3.44. The third-order valence-electron chi connectivity index (χ3n) is 2.29. The molecule has 10 heavy (non-hydrogen) atoms. The van der Waals surface area contributed by atoms with Crippen LogP contribution in [0.1, 0.15) is 0 Å². The minimum atomic E-state index is 0.457. The fourth-order valence-electron chi connectivity index (χ4n) is 1.78. The first-order chi connectivity index (χ1) is 4.86. The van der Waals surface area contributed by atoms with Crippen molar-refractivity contribution in [1.82, 2.24) is 10.2 Å². The molecule has 3 heteroatoms. The summed E-state index contributed by atoms with van der Waals surface area (Å²) in [7, 11) is 2.14. The van der Waals surface area contributed by atoms with Gasteiger partial charge in [-0.2, -0.15) is 0 Å². The zero-order chi connectivity index (χ0) is 6.97. The SMILES string of the molecule is CN1C[C@H]2NCCO[C@@H]2C1. The van der Waals surface area contributed by atoms with Crippen LogP contribution in [0.5, 0.6) is 0 Å². The number of morpholine rings is 1. The van der Waals surface area contributed by atoms with Gasteiger partial charge < -0.3 is 15.0 Å². The Labute approximate surface area is 61.3 Å². The molecule has 0 amide bonds. The minimum absolute atomic E-state index is 0.457. The van der Waals surface area contributed by atoms with E-state index in [0.717, 1.165) is 26.2 Å². The zero-order valence-electron chi connectivity index (χ0n) is 6.34. The van der Waals surface area contributed by atoms with Crippen LogP contribution in [0.15, 0.2) is 0 Å². The number of hydrogen-bond acceptors (Lipinski definition) is 3. The highest BCUT2D eigenvalue weighted by atomic mass is 16.5. The molecule has 2 fully saturated rings. The molecule has 2 heterocycles. The highest BCUT2D eigenvalue weighted by Crippen LogP contribution is 2.13. The van der Waals surface area contributed by atoms with Crippen LogP contribution in [0.2, 0.25) is 0 Å². The summed E-state index contributed by atoms with van der Waals surface area (Å²) < 4.78 is 5.57. The third kappa shape index (κ3) is 1.05. The average Bonchev–Trinajstić information content (AvgIpc) is 2.27. The minimum Gasteiger partial charge on any atom is -0.374 e. The van der Waals surface area contributed by atoms with Gasteiger partial charge in [-0.3, -0.25) is 0 Å². The van der Waals surface area contributed by atoms with Crippen molar-refractivity contribution in [3.63, 3.8) is 0 Å². The maximum atomic E-state index is 5.57. The molecule has 2 aliphatic heterocycles. The van der Waals surface area contributed by atoms with Gasteiger partial charge in [0.05, 0.1) is 12.7 Å². The Hall–Kier alpha value is -0.120. The van der Waals surface area contributed by atoms with Crippen molar-refractivity contribution < 1.29 is 4.74 Å². The fraction of sp³-hybridized carbons (Fsp3) is 1.00. The summed E-state index contributed by atoms with van der Waals surface area (Å²) in [6.45, 7) is 4.15. The second kappa shape index (κ2) is 2.49. The molecule has 3 nitrogen and oxygen atoms in total. The smallest absolute Gasteiger partial charge is 0.0867 e. The Kier molecular flexibility index (Phi) is 1.64. The lowest BCUT2D eigenvalue weighted by Gasteiger charge is -2.25. The molecule has 1 N–H and O–H groups in total. The number of fused-ring (bicyclic) bond motifs is 1. The van der Waals surface area contributed by atoms with Crippen LogP contribution in [-0.4, -0.2) is 50.3 Å². The van der Waals surface area contributed by atoms with E-state index in [1.807, 2.05) is 0 Å². The van der Waals surface area contributed by atoms with E-state index in [4.69, 9.17) is 4.74 Å². The first-order valence-corrected chi connectivity index (χ1v) is 3.90. The van der Waals surface area contributed by atoms with E-state index in [1.165, 1.54) is 0 Å². The van der Waals surface area contributed by atoms with Crippen LogP contribution >= 0.6 is 0 Å². The van der Waals surface area contributed by atoms with Crippen LogP contribution in [0.4, 0.5) is 0 Å². The van der Waals surface area contributed by atoms with E-state index < -0.39 is 0 Å². The highest BCUT2D eigenvalue weighted by Gasteiger charge is 2.33. The summed E-state index contributed by atoms with van der Waals surface area (Å²) in [6.07, 6.45) is 0.457. The summed E-state index contributed by atoms with van der Waals surface area (Å²) in [4.78, 5) is 2.31. The molecular weight excluding hydrogens is 128 g/mol. The Morgan fingerprint density at radius 1 is 1.50 bits per heavy atom. The van der Waals surface area contributed by atoms with Crippen LogP contribution in [-0.2, 0) is 4.74 Å². The van der Waals surface area contributed by atoms with Crippen molar-refractivity contribution in [3.05, 3.63) is 0 Å². The Balaban J connectivity index is 1.97. The average molecular weight is 142 g/mol. The van der Waals surface area contributed by atoms with Gasteiger partial charge in [0.1, 0.15) is 0 Å². The molecule has 0 saturated carbocycles. The Morgan fingerprint density at radius 3 is 3.20 bits per heavy atom. The molecule has 2 rings (SSSR count). The summed E-state index contributed by atoms with van der Waals surface area (Å²) in [6, 6.07) is 0.596. The number of nitrogens with zero attached hydrogens (tertiary/aromatic N) is 1. The van der Waals surface area contributed by atoms with Crippen molar-refractivity contribution >= 4 is 0 Å². The normalized spacial score (nSPS) is 41.7. The van der Waals surface area contributed by atoms with E-state index in [9.17, 15) is 0 Å². The largest absolute Gasteiger partial charge is 0.374 e. The monoisotopic (exact) mass is 142 g/mol. The lowest BCUT2D eigenvalue weighted by Crippen LogP contribution is -2.47. The summed E-state index contributed by atoms with van der Waals surface area (Å²) >= 11 is 0. The molecule has 0 radical (unpaired) electrons. The van der Waals surface area contributed by atoms with E-state index in [-0.39, 0.29) is 0 Å². The Bertz CT molecular complexity index is 115. The van der Waals surface area contributed by atoms with Gasteiger partial charge in [0.25, 0.3) is 0 Å². The lowest BCUT2D eigenvalue weighted by atomic mass is 10.2. The molecule has 0 bridgehead atoms. The van der Waals surface area contributed by atoms with Gasteiger partial charge in [-0.25, -0.2) is 0 Å². The van der Waals surface area contributed by atoms with Gasteiger partial charge in [0.15, 0.2) is 0 Å². The van der Waals surface area contributed by atoms with Gasteiger partial charge in [0, 0.05) is 25.7 Å². The molecule has 2 aliphatic rings. The van der Waals surface area contributed by atoms with Crippen molar-refractivity contribution in [3.8, 4) is 0 Å². The van der Waals surface area contributed by atoms with Crippen LogP contribution in [0.25, 0.3) is 0 Å². The van der Waals surface area contributed by atoms with Crippen LogP contribution < -0.4 is 5.32 Å². The van der Waals surface area contributed by atoms with Gasteiger partial charge >= 0.3 is 0 Å². The number of hydrogen-bond donors (Lipinski definition) is 1. The van der Waals surface area contributed by atoms with Crippen molar-refractivity contribution in [1.29, 1.82) is 0 Å². The Morgan fingerprint density at radius 2 is 2.40 bits per heavy atom. The van der Waals surface area contributed by atoms with Gasteiger partial charge in [-0.1, -0.05) is 0 Å². The quantitative estimate of drug-likeness (QED) is 0.483. The first kappa shape index (κ1) is 6.58. The number of likely N-dealkylation sites (tertiary alicyclic amines) is 1. The molecule has 0 unspecified atom stereocenters. The topological polar surface area (TPSA) is 24.5 Å². The van der Waals surface area contributed by atoms with Gasteiger partial charge in [-0.15, -0.1) is 0 Å². The van der Waals surface area contributed by atoms with Crippen LogP contribution in [0.3, 0.4) is 0 Å². The molecule has 0 aromatic carbocycles. The predicted octanol–water partition coefficient (Wildman–Crippen LogP) is -0.711. The molecule has 58 valence electrons. The van der Waals surface area contributed by atoms with E-state index in [0.29, 0.717) is 12.1 Å². The maximum absolute atomic E-state index is 5.57. The number of ether oxygens (including phenoxy) is 1. The first-order valence-electron chi connectivity index (χ1n) is 3.90. The molecule has 0 spiro atoms. The third-order valence-corrected chi connectivity index (χ3v) is 2.29. The zero-order valence-corrected chi connectivity index (χ0v) is 6.34. The maximum Gasteiger partial charge on any atom is 0.0867 e. The standard InChI is InChI=1S/C7H14N2O/c1-9-4-6-7(5-9)10-3-2-8-6/h6-8H,2-5H2,1H3/t6-,7-/m1/s1. The highest BCUT2D eigenvalue weighted by molar-refractivity contribution is 4.90. The van der Waals surface area contributed by atoms with Crippen molar-refractivity contribution in [2.45, 2.75) is 12.1 Å².